The monoisotopic (exact) mass is 418 g/mol. The van der Waals surface area contributed by atoms with Gasteiger partial charge in [0.25, 0.3) is 5.56 Å². The highest BCUT2D eigenvalue weighted by Gasteiger charge is 2.30. The van der Waals surface area contributed by atoms with E-state index in [0.29, 0.717) is 11.5 Å². The Morgan fingerprint density at radius 2 is 1.87 bits per heavy atom. The van der Waals surface area contributed by atoms with E-state index >= 15 is 0 Å². The first-order chi connectivity index (χ1) is 14.3. The van der Waals surface area contributed by atoms with E-state index in [1.165, 1.54) is 18.3 Å². The predicted molar refractivity (Wildman–Crippen MR) is 109 cm³/mol. The van der Waals surface area contributed by atoms with Gasteiger partial charge in [0.1, 0.15) is 11.2 Å². The quantitative estimate of drug-likeness (QED) is 0.514. The van der Waals surface area contributed by atoms with Crippen LogP contribution in [-0.4, -0.2) is 27.0 Å². The van der Waals surface area contributed by atoms with Crippen molar-refractivity contribution >= 4 is 28.4 Å². The number of halogens is 3. The smallest absolute Gasteiger partial charge is 0.351 e. The molecule has 158 valence electrons. The molecule has 4 rings (SSSR count). The topological polar surface area (TPSA) is 109 Å². The van der Waals surface area contributed by atoms with Crippen LogP contribution in [-0.2, 0) is 6.18 Å². The first kappa shape index (κ1) is 20.1. The van der Waals surface area contributed by atoms with E-state index in [2.05, 4.69) is 25.6 Å². The minimum atomic E-state index is -4.47. The molecule has 1 aliphatic rings. The van der Waals surface area contributed by atoms with Gasteiger partial charge in [0, 0.05) is 24.0 Å². The summed E-state index contributed by atoms with van der Waals surface area (Å²) >= 11 is 0. The van der Waals surface area contributed by atoms with Crippen LogP contribution in [0.2, 0.25) is 0 Å². The average Bonchev–Trinajstić information content (AvgIpc) is 2.69. The molecule has 0 spiro atoms. The molecule has 2 aromatic heterocycles. The lowest BCUT2D eigenvalue weighted by Gasteiger charge is -2.27. The van der Waals surface area contributed by atoms with E-state index in [0.717, 1.165) is 37.8 Å². The van der Waals surface area contributed by atoms with Crippen LogP contribution in [0.4, 0.5) is 30.6 Å². The van der Waals surface area contributed by atoms with Gasteiger partial charge in [-0.25, -0.2) is 4.98 Å². The van der Waals surface area contributed by atoms with Gasteiger partial charge in [-0.15, -0.1) is 0 Å². The van der Waals surface area contributed by atoms with Crippen LogP contribution in [0.15, 0.2) is 41.3 Å². The van der Waals surface area contributed by atoms with Gasteiger partial charge < -0.3 is 21.4 Å². The summed E-state index contributed by atoms with van der Waals surface area (Å²) in [5, 5.41) is 6.29. The summed E-state index contributed by atoms with van der Waals surface area (Å²) in [5.41, 5.74) is 5.28. The van der Waals surface area contributed by atoms with Crippen LogP contribution in [0, 0.1) is 0 Å². The number of aromatic amines is 1. The SMILES string of the molecule is N[C@H]1CC[C@H](Nc2nc(Nc3cccc(C(F)(F)F)c3)c3c(=O)[nH]ccc3n2)CC1. The summed E-state index contributed by atoms with van der Waals surface area (Å²) < 4.78 is 39.1. The number of hydrogen-bond acceptors (Lipinski definition) is 6. The summed E-state index contributed by atoms with van der Waals surface area (Å²) in [4.78, 5) is 23.7. The molecule has 0 bridgehead atoms. The Bertz CT molecular complexity index is 1110. The number of nitrogens with zero attached hydrogens (tertiary/aromatic N) is 2. The number of hydrogen-bond donors (Lipinski definition) is 4. The molecule has 1 fully saturated rings. The molecule has 2 heterocycles. The molecular formula is C20H21F3N6O. The molecule has 0 amide bonds. The number of pyridine rings is 1. The molecule has 10 heteroatoms. The molecule has 0 saturated heterocycles. The van der Waals surface area contributed by atoms with Crippen molar-refractivity contribution in [3.63, 3.8) is 0 Å². The van der Waals surface area contributed by atoms with Gasteiger partial charge in [-0.05, 0) is 49.9 Å². The summed E-state index contributed by atoms with van der Waals surface area (Å²) in [5.74, 6) is 0.444. The number of fused-ring (bicyclic) bond motifs is 1. The Hall–Kier alpha value is -3.14. The second kappa shape index (κ2) is 7.94. The van der Waals surface area contributed by atoms with Crippen LogP contribution in [0.5, 0.6) is 0 Å². The average molecular weight is 418 g/mol. The molecule has 1 aliphatic carbocycles. The third-order valence-electron chi connectivity index (χ3n) is 5.18. The van der Waals surface area contributed by atoms with Crippen molar-refractivity contribution in [2.24, 2.45) is 5.73 Å². The predicted octanol–water partition coefficient (Wildman–Crippen LogP) is 3.76. The van der Waals surface area contributed by atoms with E-state index in [1.807, 2.05) is 0 Å². The molecule has 0 unspecified atom stereocenters. The van der Waals surface area contributed by atoms with Crippen LogP contribution in [0.3, 0.4) is 0 Å². The Kier molecular flexibility index (Phi) is 5.33. The van der Waals surface area contributed by atoms with Crippen LogP contribution in [0.1, 0.15) is 31.2 Å². The lowest BCUT2D eigenvalue weighted by atomic mass is 9.92. The van der Waals surface area contributed by atoms with Crippen molar-refractivity contribution in [2.75, 3.05) is 10.6 Å². The Morgan fingerprint density at radius 1 is 1.10 bits per heavy atom. The zero-order chi connectivity index (χ0) is 21.3. The first-order valence-corrected chi connectivity index (χ1v) is 9.65. The first-order valence-electron chi connectivity index (χ1n) is 9.65. The number of nitrogens with two attached hydrogens (primary N) is 1. The minimum Gasteiger partial charge on any atom is -0.351 e. The molecule has 30 heavy (non-hydrogen) atoms. The highest BCUT2D eigenvalue weighted by molar-refractivity contribution is 5.90. The van der Waals surface area contributed by atoms with Gasteiger partial charge in [0.05, 0.1) is 11.1 Å². The third kappa shape index (κ3) is 4.38. The Balaban J connectivity index is 1.70. The fourth-order valence-electron chi connectivity index (χ4n) is 3.60. The summed E-state index contributed by atoms with van der Waals surface area (Å²) in [6, 6.07) is 6.69. The van der Waals surface area contributed by atoms with Crippen molar-refractivity contribution in [1.82, 2.24) is 15.0 Å². The second-order valence-corrected chi connectivity index (χ2v) is 7.42. The van der Waals surface area contributed by atoms with E-state index in [9.17, 15) is 18.0 Å². The van der Waals surface area contributed by atoms with Gasteiger partial charge >= 0.3 is 6.18 Å². The van der Waals surface area contributed by atoms with E-state index in [-0.39, 0.29) is 29.0 Å². The van der Waals surface area contributed by atoms with Crippen molar-refractivity contribution < 1.29 is 13.2 Å². The van der Waals surface area contributed by atoms with Crippen LogP contribution in [0.25, 0.3) is 10.9 Å². The number of rotatable bonds is 4. The molecule has 3 aromatic rings. The maximum absolute atomic E-state index is 13.0. The zero-order valence-electron chi connectivity index (χ0n) is 16.0. The number of benzene rings is 1. The molecule has 1 saturated carbocycles. The number of nitrogens with one attached hydrogen (secondary N) is 3. The zero-order valence-corrected chi connectivity index (χ0v) is 16.0. The van der Waals surface area contributed by atoms with Crippen molar-refractivity contribution in [1.29, 1.82) is 0 Å². The maximum Gasteiger partial charge on any atom is 0.416 e. The van der Waals surface area contributed by atoms with Gasteiger partial charge in [-0.1, -0.05) is 6.07 Å². The van der Waals surface area contributed by atoms with Crippen molar-refractivity contribution in [3.05, 3.63) is 52.4 Å². The molecule has 1 aromatic carbocycles. The van der Waals surface area contributed by atoms with Crippen LogP contribution >= 0.6 is 0 Å². The van der Waals surface area contributed by atoms with Crippen LogP contribution < -0.4 is 21.9 Å². The molecule has 0 radical (unpaired) electrons. The summed E-state index contributed by atoms with van der Waals surface area (Å²) in [6.07, 6.45) is 0.510. The lowest BCUT2D eigenvalue weighted by Crippen LogP contribution is -2.33. The largest absolute Gasteiger partial charge is 0.416 e. The molecule has 5 N–H and O–H groups in total. The van der Waals surface area contributed by atoms with Gasteiger partial charge in [0.15, 0.2) is 0 Å². The standard InChI is InChI=1S/C20H21F3N6O/c21-20(22,23)11-2-1-3-14(10-11)26-17-16-15(8-9-25-18(16)30)28-19(29-17)27-13-6-4-12(24)5-7-13/h1-3,8-10,12-13H,4-7,24H2,(H,25,30)(H2,26,27,28,29)/t12-,13-. The fraction of sp³-hybridized carbons (Fsp3) is 0.350. The van der Waals surface area contributed by atoms with E-state index in [4.69, 9.17) is 5.73 Å². The highest BCUT2D eigenvalue weighted by Crippen LogP contribution is 2.32. The van der Waals surface area contributed by atoms with Gasteiger partial charge in [-0.3, -0.25) is 4.79 Å². The number of anilines is 3. The fourth-order valence-corrected chi connectivity index (χ4v) is 3.60. The molecule has 0 aliphatic heterocycles. The summed E-state index contributed by atoms with van der Waals surface area (Å²) in [6.45, 7) is 0. The number of H-pyrrole nitrogens is 1. The van der Waals surface area contributed by atoms with Gasteiger partial charge in [0.2, 0.25) is 5.95 Å². The normalized spacial score (nSPS) is 19.6. The summed E-state index contributed by atoms with van der Waals surface area (Å²) in [7, 11) is 0. The molecular weight excluding hydrogens is 397 g/mol. The van der Waals surface area contributed by atoms with E-state index < -0.39 is 17.3 Å². The maximum atomic E-state index is 13.0. The highest BCUT2D eigenvalue weighted by atomic mass is 19.4. The minimum absolute atomic E-state index is 0.135. The lowest BCUT2D eigenvalue weighted by molar-refractivity contribution is -0.137. The van der Waals surface area contributed by atoms with Gasteiger partial charge in [-0.2, -0.15) is 18.2 Å². The number of aromatic nitrogens is 3. The van der Waals surface area contributed by atoms with E-state index in [1.54, 1.807) is 6.07 Å². The number of alkyl halides is 3. The van der Waals surface area contributed by atoms with Crippen molar-refractivity contribution in [2.45, 2.75) is 43.9 Å². The third-order valence-corrected chi connectivity index (χ3v) is 5.18. The Morgan fingerprint density at radius 3 is 2.60 bits per heavy atom. The molecule has 7 nitrogen and oxygen atoms in total. The van der Waals surface area contributed by atoms with Crippen molar-refractivity contribution in [3.8, 4) is 0 Å². The Labute approximate surface area is 169 Å². The second-order valence-electron chi connectivity index (χ2n) is 7.42. The molecule has 0 atom stereocenters.